The van der Waals surface area contributed by atoms with Gasteiger partial charge in [0.1, 0.15) is 25.4 Å². The van der Waals surface area contributed by atoms with Crippen molar-refractivity contribution in [2.75, 3.05) is 39.6 Å². The molecule has 0 bridgehead atoms. The predicted octanol–water partition coefficient (Wildman–Crippen LogP) is 16.2. The standard InChI is InChI=1S/C63H110O16P2/c1-4-7-10-13-16-19-22-25-26-27-28-29-30-33-35-37-40-43-46-49-61(66)73-52-58(64)53-75-80(69,70)76-54-59(65)55-77-81(71,72)78-57-60(79-63(68)51-48-45-42-39-36-32-24-21-18-15-12-9-6-3)56-74-62(67)50-47-44-41-38-34-31-23-20-17-14-11-8-5-2/h7,10,16,19-21,23-26,28-29,33,35,58-60,64-65H,4-6,8-9,11-15,17-18,22,27,30-32,34,36-57H2,1-3H3,(H,69,70)(H,71,72)/b10-7-,19-16-,23-20-,24-21-,26-25-,29-28-,35-33-. The first-order chi connectivity index (χ1) is 39.2. The van der Waals surface area contributed by atoms with Crippen molar-refractivity contribution in [2.45, 2.75) is 257 Å². The van der Waals surface area contributed by atoms with E-state index in [-0.39, 0.29) is 19.3 Å². The molecule has 0 heterocycles. The molecule has 0 aromatic carbocycles. The summed E-state index contributed by atoms with van der Waals surface area (Å²) in [5, 5.41) is 20.5. The lowest BCUT2D eigenvalue weighted by Crippen LogP contribution is -2.30. The fourth-order valence-corrected chi connectivity index (χ4v) is 9.40. The van der Waals surface area contributed by atoms with Gasteiger partial charge in [0.25, 0.3) is 0 Å². The van der Waals surface area contributed by atoms with Gasteiger partial charge in [-0.1, -0.05) is 189 Å². The summed E-state index contributed by atoms with van der Waals surface area (Å²) in [6, 6.07) is 0. The van der Waals surface area contributed by atoms with Crippen LogP contribution >= 0.6 is 15.6 Å². The Hall–Kier alpha value is -3.27. The summed E-state index contributed by atoms with van der Waals surface area (Å²) in [6.45, 7) is 2.44. The second kappa shape index (κ2) is 57.2. The van der Waals surface area contributed by atoms with Gasteiger partial charge in [0.2, 0.25) is 0 Å². The molecule has 0 rings (SSSR count). The molecular formula is C63H110O16P2. The summed E-state index contributed by atoms with van der Waals surface area (Å²) < 4.78 is 60.6. The molecule has 0 aromatic heterocycles. The Kier molecular flexibility index (Phi) is 54.9. The number of esters is 3. The highest BCUT2D eigenvalue weighted by Crippen LogP contribution is 2.45. The number of carbonyl (C=O) groups is 3. The number of hydrogen-bond acceptors (Lipinski definition) is 14. The Morgan fingerprint density at radius 2 is 0.654 bits per heavy atom. The molecule has 0 saturated carbocycles. The van der Waals surface area contributed by atoms with Gasteiger partial charge >= 0.3 is 33.6 Å². The molecule has 0 aliphatic rings. The molecule has 81 heavy (non-hydrogen) atoms. The summed E-state index contributed by atoms with van der Waals surface area (Å²) in [5.74, 6) is -1.63. The second-order valence-corrected chi connectivity index (χ2v) is 23.4. The molecule has 4 N–H and O–H groups in total. The molecule has 18 heteroatoms. The zero-order valence-corrected chi connectivity index (χ0v) is 52.0. The maximum atomic E-state index is 12.8. The molecule has 468 valence electrons. The van der Waals surface area contributed by atoms with E-state index in [4.69, 9.17) is 32.3 Å². The molecule has 0 radical (unpaired) electrons. The summed E-state index contributed by atoms with van der Waals surface area (Å²) in [6.07, 6.45) is 57.9. The quantitative estimate of drug-likeness (QED) is 0.0146. The van der Waals surface area contributed by atoms with Gasteiger partial charge in [0.05, 0.1) is 26.4 Å². The van der Waals surface area contributed by atoms with E-state index < -0.39 is 91.5 Å². The van der Waals surface area contributed by atoms with Crippen molar-refractivity contribution in [1.82, 2.24) is 0 Å². The van der Waals surface area contributed by atoms with Crippen LogP contribution in [0, 0.1) is 0 Å². The minimum Gasteiger partial charge on any atom is -0.463 e. The molecule has 0 aliphatic heterocycles. The molecule has 0 saturated heterocycles. The van der Waals surface area contributed by atoms with Crippen LogP contribution < -0.4 is 0 Å². The highest BCUT2D eigenvalue weighted by Gasteiger charge is 2.29. The highest BCUT2D eigenvalue weighted by molar-refractivity contribution is 7.47. The molecule has 0 aromatic rings. The normalized spacial score (nSPS) is 15.0. The van der Waals surface area contributed by atoms with Crippen molar-refractivity contribution in [1.29, 1.82) is 0 Å². The number of aliphatic hydroxyl groups excluding tert-OH is 2. The van der Waals surface area contributed by atoms with E-state index in [2.05, 4.69) is 106 Å². The van der Waals surface area contributed by atoms with E-state index >= 15 is 0 Å². The first-order valence-electron chi connectivity index (χ1n) is 30.9. The van der Waals surface area contributed by atoms with Gasteiger partial charge in [0, 0.05) is 19.3 Å². The van der Waals surface area contributed by atoms with Crippen LogP contribution in [-0.4, -0.2) is 95.9 Å². The van der Waals surface area contributed by atoms with Crippen LogP contribution in [0.15, 0.2) is 85.1 Å². The van der Waals surface area contributed by atoms with Gasteiger partial charge in [-0.15, -0.1) is 0 Å². The van der Waals surface area contributed by atoms with Crippen molar-refractivity contribution in [3.63, 3.8) is 0 Å². The fraction of sp³-hybridized carbons (Fsp3) is 0.730. The number of unbranched alkanes of at least 4 members (excludes halogenated alkanes) is 21. The maximum absolute atomic E-state index is 12.8. The Balaban J connectivity index is 4.67. The molecular weight excluding hydrogens is 1070 g/mol. The largest absolute Gasteiger partial charge is 0.472 e. The molecule has 0 aliphatic carbocycles. The fourth-order valence-electron chi connectivity index (χ4n) is 7.82. The number of aliphatic hydroxyl groups is 2. The van der Waals surface area contributed by atoms with Crippen LogP contribution in [0.3, 0.4) is 0 Å². The lowest BCUT2D eigenvalue weighted by Gasteiger charge is -2.21. The minimum atomic E-state index is -4.92. The van der Waals surface area contributed by atoms with E-state index in [1.54, 1.807) is 0 Å². The Morgan fingerprint density at radius 1 is 0.358 bits per heavy atom. The third kappa shape index (κ3) is 58.3. The van der Waals surface area contributed by atoms with E-state index in [1.165, 1.54) is 51.4 Å². The van der Waals surface area contributed by atoms with Crippen LogP contribution in [-0.2, 0) is 55.8 Å². The molecule has 0 amide bonds. The van der Waals surface area contributed by atoms with Gasteiger partial charge in [-0.3, -0.25) is 32.5 Å². The minimum absolute atomic E-state index is 0.0927. The summed E-state index contributed by atoms with van der Waals surface area (Å²) in [4.78, 5) is 58.1. The zero-order chi connectivity index (χ0) is 59.6. The van der Waals surface area contributed by atoms with Gasteiger partial charge in [-0.2, -0.15) is 0 Å². The van der Waals surface area contributed by atoms with Gasteiger partial charge in [-0.05, 0) is 116 Å². The van der Waals surface area contributed by atoms with E-state index in [0.29, 0.717) is 19.3 Å². The SMILES string of the molecule is CC/C=C\C/C=C\C/C=C\C/C=C\C/C=C\CCCCCC(=O)OCC(O)COP(=O)(O)OCC(O)COP(=O)(O)OCC(COC(=O)CCCCCCC/C=C\CCCCCC)OC(=O)CCCCCCC/C=C\CCCCCC. The van der Waals surface area contributed by atoms with Crippen LogP contribution in [0.4, 0.5) is 0 Å². The number of rotatable bonds is 58. The van der Waals surface area contributed by atoms with Crippen molar-refractivity contribution in [2.24, 2.45) is 0 Å². The summed E-state index contributed by atoms with van der Waals surface area (Å²) in [7, 11) is -9.77. The van der Waals surface area contributed by atoms with Crippen LogP contribution in [0.5, 0.6) is 0 Å². The Morgan fingerprint density at radius 3 is 1.06 bits per heavy atom. The van der Waals surface area contributed by atoms with Gasteiger partial charge in [-0.25, -0.2) is 9.13 Å². The Bertz CT molecular complexity index is 1830. The van der Waals surface area contributed by atoms with Crippen molar-refractivity contribution in [3.05, 3.63) is 85.1 Å². The first-order valence-corrected chi connectivity index (χ1v) is 33.9. The lowest BCUT2D eigenvalue weighted by atomic mass is 10.1. The number of ether oxygens (including phenoxy) is 3. The van der Waals surface area contributed by atoms with Crippen molar-refractivity contribution < 1.29 is 75.8 Å². The monoisotopic (exact) mass is 1180 g/mol. The number of hydrogen-bond donors (Lipinski definition) is 4. The molecule has 5 atom stereocenters. The second-order valence-electron chi connectivity index (χ2n) is 20.5. The summed E-state index contributed by atoms with van der Waals surface area (Å²) in [5.41, 5.74) is 0. The smallest absolute Gasteiger partial charge is 0.463 e. The van der Waals surface area contributed by atoms with Crippen molar-refractivity contribution >= 4 is 33.6 Å². The van der Waals surface area contributed by atoms with Crippen LogP contribution in [0.25, 0.3) is 0 Å². The highest BCUT2D eigenvalue weighted by atomic mass is 31.2. The number of carbonyl (C=O) groups excluding carboxylic acids is 3. The number of phosphoric acid groups is 2. The predicted molar refractivity (Wildman–Crippen MR) is 325 cm³/mol. The summed E-state index contributed by atoms with van der Waals surface area (Å²) >= 11 is 0. The van der Waals surface area contributed by atoms with E-state index in [9.17, 15) is 43.5 Å². The lowest BCUT2D eigenvalue weighted by molar-refractivity contribution is -0.161. The van der Waals surface area contributed by atoms with Gasteiger partial charge in [0.15, 0.2) is 6.10 Å². The maximum Gasteiger partial charge on any atom is 0.472 e. The van der Waals surface area contributed by atoms with E-state index in [1.807, 2.05) is 0 Å². The number of allylic oxidation sites excluding steroid dienone is 14. The van der Waals surface area contributed by atoms with Crippen LogP contribution in [0.1, 0.15) is 239 Å². The topological polar surface area (TPSA) is 231 Å². The number of phosphoric ester groups is 2. The first kappa shape index (κ1) is 77.7. The Labute approximate surface area is 489 Å². The average Bonchev–Trinajstić information content (AvgIpc) is 3.45. The van der Waals surface area contributed by atoms with Crippen LogP contribution in [0.2, 0.25) is 0 Å². The molecule has 16 nitrogen and oxygen atoms in total. The third-order valence-corrected chi connectivity index (χ3v) is 14.5. The molecule has 0 spiro atoms. The third-order valence-electron chi connectivity index (χ3n) is 12.6. The average molecular weight is 1190 g/mol. The molecule has 5 unspecified atom stereocenters. The van der Waals surface area contributed by atoms with Crippen molar-refractivity contribution in [3.8, 4) is 0 Å². The molecule has 0 fully saturated rings. The zero-order valence-electron chi connectivity index (χ0n) is 50.2. The van der Waals surface area contributed by atoms with Gasteiger partial charge < -0.3 is 34.2 Å². The van der Waals surface area contributed by atoms with E-state index in [0.717, 1.165) is 128 Å².